The van der Waals surface area contributed by atoms with Crippen LogP contribution in [-0.2, 0) is 0 Å². The lowest BCUT2D eigenvalue weighted by molar-refractivity contribution is -0.538. The van der Waals surface area contributed by atoms with Crippen molar-refractivity contribution in [2.24, 2.45) is 0 Å². The maximum absolute atomic E-state index is 5.26. The standard InChI is InChI=1S/C33H28N4/c1-4-12-24(13-5-1)34-30-23-32-33(28-17-9-8-16-27(28)30)35-29-19-18-26(36-20-10-3-11-21-36)22-31(29)37(32)25-14-6-2-7-15-25/h1-2,4-9,12-19,22-23H,3,10-11,20-21H2/p+1. The number of rotatable bonds is 4. The lowest BCUT2D eigenvalue weighted by Crippen LogP contribution is -2.34. The highest BCUT2D eigenvalue weighted by Gasteiger charge is 2.24. The molecule has 1 aliphatic rings. The molecule has 5 aromatic carbocycles. The molecule has 2 heterocycles. The summed E-state index contributed by atoms with van der Waals surface area (Å²) in [6.45, 7) is 2.24. The molecule has 1 saturated heterocycles. The minimum absolute atomic E-state index is 1.01. The van der Waals surface area contributed by atoms with Gasteiger partial charge in [0.25, 0.3) is 0 Å². The molecule has 1 fully saturated rings. The van der Waals surface area contributed by atoms with Crippen molar-refractivity contribution in [2.75, 3.05) is 23.3 Å². The van der Waals surface area contributed by atoms with Crippen LogP contribution in [0.5, 0.6) is 0 Å². The van der Waals surface area contributed by atoms with Gasteiger partial charge in [0.05, 0.1) is 5.69 Å². The smallest absolute Gasteiger partial charge is 0.240 e. The van der Waals surface area contributed by atoms with E-state index in [0.717, 1.165) is 63.0 Å². The Balaban J connectivity index is 1.55. The third-order valence-corrected chi connectivity index (χ3v) is 7.46. The Bertz CT molecular complexity index is 1720. The van der Waals surface area contributed by atoms with Gasteiger partial charge >= 0.3 is 0 Å². The van der Waals surface area contributed by atoms with Gasteiger partial charge in [0.15, 0.2) is 0 Å². The number of anilines is 3. The number of benzene rings is 5. The molecule has 4 heteroatoms. The normalized spacial score (nSPS) is 13.9. The van der Waals surface area contributed by atoms with Crippen molar-refractivity contribution in [1.82, 2.24) is 4.98 Å². The van der Waals surface area contributed by atoms with Gasteiger partial charge in [0.2, 0.25) is 16.7 Å². The van der Waals surface area contributed by atoms with Gasteiger partial charge < -0.3 is 10.2 Å². The van der Waals surface area contributed by atoms with Crippen molar-refractivity contribution in [3.63, 3.8) is 0 Å². The number of nitrogens with one attached hydrogen (secondary N) is 1. The van der Waals surface area contributed by atoms with Crippen LogP contribution in [0.1, 0.15) is 19.3 Å². The molecule has 37 heavy (non-hydrogen) atoms. The number of hydrogen-bond donors (Lipinski definition) is 1. The minimum atomic E-state index is 1.01. The molecule has 1 aromatic heterocycles. The molecule has 1 N–H and O–H groups in total. The van der Waals surface area contributed by atoms with Gasteiger partial charge in [0, 0.05) is 59.5 Å². The second kappa shape index (κ2) is 9.21. The van der Waals surface area contributed by atoms with E-state index in [0.29, 0.717) is 0 Å². The predicted octanol–water partition coefficient (Wildman–Crippen LogP) is 7.55. The molecule has 0 amide bonds. The van der Waals surface area contributed by atoms with E-state index in [1.807, 2.05) is 6.07 Å². The van der Waals surface area contributed by atoms with Gasteiger partial charge in [0.1, 0.15) is 11.0 Å². The maximum atomic E-state index is 5.26. The van der Waals surface area contributed by atoms with Crippen LogP contribution in [0.2, 0.25) is 0 Å². The first-order valence-electron chi connectivity index (χ1n) is 13.2. The Morgan fingerprint density at radius 1 is 0.649 bits per heavy atom. The van der Waals surface area contributed by atoms with Crippen LogP contribution in [-0.4, -0.2) is 18.1 Å². The van der Waals surface area contributed by atoms with E-state index in [9.17, 15) is 0 Å². The summed E-state index contributed by atoms with van der Waals surface area (Å²) in [5.41, 5.74) is 8.79. The highest BCUT2D eigenvalue weighted by molar-refractivity contribution is 6.11. The molecule has 0 radical (unpaired) electrons. The summed E-state index contributed by atoms with van der Waals surface area (Å²) in [7, 11) is 0. The summed E-state index contributed by atoms with van der Waals surface area (Å²) in [5, 5.41) is 5.99. The number of nitrogens with zero attached hydrogens (tertiary/aromatic N) is 3. The van der Waals surface area contributed by atoms with E-state index in [2.05, 4.69) is 118 Å². The Kier molecular flexibility index (Phi) is 5.43. The van der Waals surface area contributed by atoms with E-state index in [1.165, 1.54) is 24.9 Å². The summed E-state index contributed by atoms with van der Waals surface area (Å²) in [6, 6.07) is 38.7. The molecular weight excluding hydrogens is 452 g/mol. The number of aromatic nitrogens is 2. The summed E-state index contributed by atoms with van der Waals surface area (Å²) in [5.74, 6) is 0. The van der Waals surface area contributed by atoms with Crippen molar-refractivity contribution >= 4 is 49.9 Å². The molecule has 4 nitrogen and oxygen atoms in total. The Morgan fingerprint density at radius 3 is 2.14 bits per heavy atom. The van der Waals surface area contributed by atoms with Crippen molar-refractivity contribution in [2.45, 2.75) is 19.3 Å². The second-order valence-corrected chi connectivity index (χ2v) is 9.83. The first kappa shape index (κ1) is 21.8. The monoisotopic (exact) mass is 481 g/mol. The summed E-state index contributed by atoms with van der Waals surface area (Å²) in [4.78, 5) is 7.78. The van der Waals surface area contributed by atoms with Crippen molar-refractivity contribution in [1.29, 1.82) is 0 Å². The molecule has 0 unspecified atom stereocenters. The third-order valence-electron chi connectivity index (χ3n) is 7.46. The molecule has 180 valence electrons. The number of para-hydroxylation sites is 2. The fraction of sp³-hybridized carbons (Fsp3) is 0.152. The summed E-state index contributed by atoms with van der Waals surface area (Å²) >= 11 is 0. The van der Waals surface area contributed by atoms with Gasteiger partial charge in [-0.15, -0.1) is 4.57 Å². The van der Waals surface area contributed by atoms with Crippen molar-refractivity contribution in [3.8, 4) is 5.69 Å². The van der Waals surface area contributed by atoms with Gasteiger partial charge in [-0.2, -0.15) is 0 Å². The zero-order valence-corrected chi connectivity index (χ0v) is 20.8. The number of hydrogen-bond acceptors (Lipinski definition) is 3. The molecule has 1 aliphatic heterocycles. The molecule has 7 rings (SSSR count). The van der Waals surface area contributed by atoms with Crippen LogP contribution < -0.4 is 14.8 Å². The second-order valence-electron chi connectivity index (χ2n) is 9.83. The van der Waals surface area contributed by atoms with E-state index < -0.39 is 0 Å². The van der Waals surface area contributed by atoms with Crippen molar-refractivity contribution < 1.29 is 4.57 Å². The predicted molar refractivity (Wildman–Crippen MR) is 154 cm³/mol. The fourth-order valence-corrected chi connectivity index (χ4v) is 5.65. The lowest BCUT2D eigenvalue weighted by Gasteiger charge is -2.28. The quantitative estimate of drug-likeness (QED) is 0.160. The first-order chi connectivity index (χ1) is 18.3. The van der Waals surface area contributed by atoms with Gasteiger partial charge in [-0.1, -0.05) is 60.7 Å². The molecule has 0 spiro atoms. The highest BCUT2D eigenvalue weighted by Crippen LogP contribution is 2.34. The molecule has 0 atom stereocenters. The van der Waals surface area contributed by atoms with Crippen LogP contribution in [0.4, 0.5) is 17.1 Å². The van der Waals surface area contributed by atoms with Crippen LogP contribution in [0.15, 0.2) is 109 Å². The number of fused-ring (bicyclic) bond motifs is 4. The zero-order chi connectivity index (χ0) is 24.6. The Morgan fingerprint density at radius 2 is 1.35 bits per heavy atom. The minimum Gasteiger partial charge on any atom is -0.371 e. The van der Waals surface area contributed by atoms with E-state index >= 15 is 0 Å². The summed E-state index contributed by atoms with van der Waals surface area (Å²) < 4.78 is 2.38. The average molecular weight is 482 g/mol. The van der Waals surface area contributed by atoms with Crippen LogP contribution in [0, 0.1) is 0 Å². The van der Waals surface area contributed by atoms with Crippen molar-refractivity contribution in [3.05, 3.63) is 109 Å². The zero-order valence-electron chi connectivity index (χ0n) is 20.8. The van der Waals surface area contributed by atoms with E-state index in [1.54, 1.807) is 0 Å². The molecular formula is C33H29N4+. The van der Waals surface area contributed by atoms with E-state index in [4.69, 9.17) is 4.98 Å². The van der Waals surface area contributed by atoms with E-state index in [-0.39, 0.29) is 0 Å². The first-order valence-corrected chi connectivity index (χ1v) is 13.2. The van der Waals surface area contributed by atoms with Crippen LogP contribution >= 0.6 is 0 Å². The average Bonchev–Trinajstić information content (AvgIpc) is 2.97. The molecule has 0 bridgehead atoms. The Hall–Kier alpha value is -4.44. The molecule has 0 aliphatic carbocycles. The van der Waals surface area contributed by atoms with Gasteiger partial charge in [-0.3, -0.25) is 0 Å². The lowest BCUT2D eigenvalue weighted by atomic mass is 10.0. The highest BCUT2D eigenvalue weighted by atomic mass is 15.1. The topological polar surface area (TPSA) is 32.0 Å². The largest absolute Gasteiger partial charge is 0.371 e. The van der Waals surface area contributed by atoms with Gasteiger partial charge in [-0.05, 0) is 43.5 Å². The SMILES string of the molecule is c1ccc(Nc2cc3c(nc4ccc(N5CCCCC5)cc4[n+]3-c3ccccc3)c3ccccc23)cc1. The Labute approximate surface area is 216 Å². The third kappa shape index (κ3) is 3.95. The molecule has 0 saturated carbocycles. The maximum Gasteiger partial charge on any atom is 0.240 e. The summed E-state index contributed by atoms with van der Waals surface area (Å²) in [6.07, 6.45) is 3.84. The fourth-order valence-electron chi connectivity index (χ4n) is 5.65. The number of piperidine rings is 1. The van der Waals surface area contributed by atoms with Gasteiger partial charge in [-0.25, -0.2) is 4.98 Å². The molecule has 6 aromatic rings. The van der Waals surface area contributed by atoms with Crippen LogP contribution in [0.25, 0.3) is 38.5 Å². The van der Waals surface area contributed by atoms with Crippen LogP contribution in [0.3, 0.4) is 0 Å².